The second kappa shape index (κ2) is 5.77. The molecular formula is C16H14F3N3O2. The van der Waals surface area contributed by atoms with Crippen molar-refractivity contribution in [3.8, 4) is 11.3 Å². The number of hydrogen-bond donors (Lipinski definition) is 1. The first-order valence-electron chi connectivity index (χ1n) is 7.28. The fourth-order valence-corrected chi connectivity index (χ4v) is 2.39. The van der Waals surface area contributed by atoms with Crippen LogP contribution in [0.2, 0.25) is 0 Å². The Morgan fingerprint density at radius 3 is 2.38 bits per heavy atom. The minimum absolute atomic E-state index is 0.252. The Hall–Kier alpha value is -2.64. The van der Waals surface area contributed by atoms with Crippen molar-refractivity contribution in [3.63, 3.8) is 0 Å². The van der Waals surface area contributed by atoms with Crippen molar-refractivity contribution in [2.75, 3.05) is 11.9 Å². The second-order valence-corrected chi connectivity index (χ2v) is 5.65. The lowest BCUT2D eigenvalue weighted by atomic mass is 10.1. The summed E-state index contributed by atoms with van der Waals surface area (Å²) >= 11 is 0. The van der Waals surface area contributed by atoms with E-state index in [0.717, 1.165) is 31.2 Å². The molecule has 0 amide bonds. The maximum atomic E-state index is 12.7. The smallest absolute Gasteiger partial charge is 0.416 e. The summed E-state index contributed by atoms with van der Waals surface area (Å²) in [6.45, 7) is 0. The average Bonchev–Trinajstić information content (AvgIpc) is 3.38. The van der Waals surface area contributed by atoms with Crippen LogP contribution in [-0.4, -0.2) is 34.1 Å². The highest BCUT2D eigenvalue weighted by Gasteiger charge is 2.31. The zero-order valence-corrected chi connectivity index (χ0v) is 12.7. The first-order valence-corrected chi connectivity index (χ1v) is 7.28. The van der Waals surface area contributed by atoms with Gasteiger partial charge in [-0.25, -0.2) is 14.8 Å². The third kappa shape index (κ3) is 3.17. The van der Waals surface area contributed by atoms with Crippen molar-refractivity contribution in [2.45, 2.75) is 25.1 Å². The molecular weight excluding hydrogens is 323 g/mol. The predicted molar refractivity (Wildman–Crippen MR) is 80.9 cm³/mol. The molecule has 1 aromatic heterocycles. The SMILES string of the molecule is CN(c1ncc(C(=O)O)nc1-c1ccc(C(F)(F)F)cc1)C1CC1. The first-order chi connectivity index (χ1) is 11.3. The van der Waals surface area contributed by atoms with Crippen LogP contribution in [0.4, 0.5) is 19.0 Å². The summed E-state index contributed by atoms with van der Waals surface area (Å²) in [5, 5.41) is 9.09. The van der Waals surface area contributed by atoms with Crippen LogP contribution in [0.15, 0.2) is 30.5 Å². The molecule has 1 heterocycles. The Kier molecular flexibility index (Phi) is 3.90. The molecule has 1 N–H and O–H groups in total. The Morgan fingerprint density at radius 2 is 1.88 bits per heavy atom. The van der Waals surface area contributed by atoms with Crippen LogP contribution in [0, 0.1) is 0 Å². The number of benzene rings is 1. The van der Waals surface area contributed by atoms with Crippen LogP contribution >= 0.6 is 0 Å². The molecule has 2 aromatic rings. The number of carbonyl (C=O) groups is 1. The van der Waals surface area contributed by atoms with E-state index in [-0.39, 0.29) is 11.4 Å². The minimum Gasteiger partial charge on any atom is -0.476 e. The Labute approximate surface area is 135 Å². The number of nitrogens with zero attached hydrogens (tertiary/aromatic N) is 3. The quantitative estimate of drug-likeness (QED) is 0.925. The molecule has 0 radical (unpaired) electrons. The highest BCUT2D eigenvalue weighted by atomic mass is 19.4. The lowest BCUT2D eigenvalue weighted by molar-refractivity contribution is -0.137. The predicted octanol–water partition coefficient (Wildman–Crippen LogP) is 3.46. The maximum absolute atomic E-state index is 12.7. The van der Waals surface area contributed by atoms with Gasteiger partial charge < -0.3 is 10.0 Å². The monoisotopic (exact) mass is 337 g/mol. The topological polar surface area (TPSA) is 66.3 Å². The Morgan fingerprint density at radius 1 is 1.25 bits per heavy atom. The Bertz CT molecular complexity index is 771. The summed E-state index contributed by atoms with van der Waals surface area (Å²) in [6, 6.07) is 4.76. The number of aromatic nitrogens is 2. The number of hydrogen-bond acceptors (Lipinski definition) is 4. The molecule has 0 saturated heterocycles. The van der Waals surface area contributed by atoms with Gasteiger partial charge in [-0.2, -0.15) is 13.2 Å². The summed E-state index contributed by atoms with van der Waals surface area (Å²) in [7, 11) is 1.82. The zero-order valence-electron chi connectivity index (χ0n) is 12.7. The molecule has 3 rings (SSSR count). The number of rotatable bonds is 4. The van der Waals surface area contributed by atoms with Gasteiger partial charge in [0, 0.05) is 18.7 Å². The lowest BCUT2D eigenvalue weighted by Crippen LogP contribution is -2.22. The number of carboxylic acids is 1. The highest BCUT2D eigenvalue weighted by molar-refractivity contribution is 5.87. The van der Waals surface area contributed by atoms with Crippen LogP contribution in [0.25, 0.3) is 11.3 Å². The summed E-state index contributed by atoms with van der Waals surface area (Å²) < 4.78 is 38.1. The molecule has 1 saturated carbocycles. The van der Waals surface area contributed by atoms with Crippen LogP contribution in [-0.2, 0) is 6.18 Å². The highest BCUT2D eigenvalue weighted by Crippen LogP contribution is 2.36. The standard InChI is InChI=1S/C16H14F3N3O2/c1-22(11-6-7-11)14-13(21-12(8-20-14)15(23)24)9-2-4-10(5-3-9)16(17,18)19/h2-5,8,11H,6-7H2,1H3,(H,23,24). The van der Waals surface area contributed by atoms with Crippen molar-refractivity contribution < 1.29 is 23.1 Å². The molecule has 0 spiro atoms. The van der Waals surface area contributed by atoms with Crippen molar-refractivity contribution in [1.82, 2.24) is 9.97 Å². The van der Waals surface area contributed by atoms with Crippen molar-refractivity contribution in [2.24, 2.45) is 0 Å². The Balaban J connectivity index is 2.06. The minimum atomic E-state index is -4.43. The van der Waals surface area contributed by atoms with E-state index in [2.05, 4.69) is 9.97 Å². The first kappa shape index (κ1) is 16.2. The van der Waals surface area contributed by atoms with E-state index in [4.69, 9.17) is 5.11 Å². The molecule has 0 aliphatic heterocycles. The lowest BCUT2D eigenvalue weighted by Gasteiger charge is -2.20. The van der Waals surface area contributed by atoms with Crippen molar-refractivity contribution in [1.29, 1.82) is 0 Å². The van der Waals surface area contributed by atoms with E-state index >= 15 is 0 Å². The third-order valence-corrected chi connectivity index (χ3v) is 3.89. The molecule has 8 heteroatoms. The second-order valence-electron chi connectivity index (χ2n) is 5.65. The van der Waals surface area contributed by atoms with Gasteiger partial charge in [0.2, 0.25) is 0 Å². The van der Waals surface area contributed by atoms with E-state index in [9.17, 15) is 18.0 Å². The normalized spacial score (nSPS) is 14.5. The fourth-order valence-electron chi connectivity index (χ4n) is 2.39. The number of anilines is 1. The molecule has 1 fully saturated rings. The molecule has 1 aliphatic rings. The van der Waals surface area contributed by atoms with Crippen molar-refractivity contribution in [3.05, 3.63) is 41.7 Å². The summed E-state index contributed by atoms with van der Waals surface area (Å²) in [5.74, 6) is -0.779. The molecule has 0 unspecified atom stereocenters. The van der Waals surface area contributed by atoms with Gasteiger partial charge in [-0.05, 0) is 25.0 Å². The summed E-state index contributed by atoms with van der Waals surface area (Å²) in [4.78, 5) is 21.3. The van der Waals surface area contributed by atoms with Gasteiger partial charge in [0.1, 0.15) is 5.69 Å². The van der Waals surface area contributed by atoms with E-state index in [0.29, 0.717) is 17.4 Å². The van der Waals surface area contributed by atoms with Gasteiger partial charge in [-0.1, -0.05) is 12.1 Å². The van der Waals surface area contributed by atoms with E-state index in [1.54, 1.807) is 0 Å². The molecule has 126 valence electrons. The van der Waals surface area contributed by atoms with Crippen LogP contribution in [0.3, 0.4) is 0 Å². The van der Waals surface area contributed by atoms with E-state index in [1.807, 2.05) is 11.9 Å². The largest absolute Gasteiger partial charge is 0.476 e. The van der Waals surface area contributed by atoms with Gasteiger partial charge in [0.15, 0.2) is 11.5 Å². The molecule has 5 nitrogen and oxygen atoms in total. The van der Waals surface area contributed by atoms with Gasteiger partial charge in [-0.3, -0.25) is 0 Å². The number of carboxylic acid groups (broad SMARTS) is 1. The third-order valence-electron chi connectivity index (χ3n) is 3.89. The van der Waals surface area contributed by atoms with Crippen LogP contribution < -0.4 is 4.90 Å². The number of aromatic carboxylic acids is 1. The summed E-state index contributed by atoms with van der Waals surface area (Å²) in [6.07, 6.45) is -1.29. The number of alkyl halides is 3. The molecule has 1 aromatic carbocycles. The van der Waals surface area contributed by atoms with Crippen molar-refractivity contribution >= 4 is 11.8 Å². The fraction of sp³-hybridized carbons (Fsp3) is 0.312. The molecule has 0 bridgehead atoms. The van der Waals surface area contributed by atoms with Gasteiger partial charge >= 0.3 is 12.1 Å². The molecule has 24 heavy (non-hydrogen) atoms. The van der Waals surface area contributed by atoms with Gasteiger partial charge in [0.05, 0.1) is 11.8 Å². The maximum Gasteiger partial charge on any atom is 0.416 e. The molecule has 0 atom stereocenters. The van der Waals surface area contributed by atoms with Crippen LogP contribution in [0.5, 0.6) is 0 Å². The molecule has 1 aliphatic carbocycles. The van der Waals surface area contributed by atoms with Crippen LogP contribution in [0.1, 0.15) is 28.9 Å². The average molecular weight is 337 g/mol. The van der Waals surface area contributed by atoms with E-state index in [1.165, 1.54) is 12.1 Å². The summed E-state index contributed by atoms with van der Waals surface area (Å²) in [5.41, 5.74) is -0.373. The van der Waals surface area contributed by atoms with Gasteiger partial charge in [-0.15, -0.1) is 0 Å². The number of halogens is 3. The van der Waals surface area contributed by atoms with E-state index < -0.39 is 17.7 Å². The van der Waals surface area contributed by atoms with Gasteiger partial charge in [0.25, 0.3) is 0 Å². The zero-order chi connectivity index (χ0) is 17.5.